The van der Waals surface area contributed by atoms with E-state index < -0.39 is 0 Å². The van der Waals surface area contributed by atoms with Crippen LogP contribution in [0.5, 0.6) is 0 Å². The van der Waals surface area contributed by atoms with Crippen LogP contribution >= 0.6 is 0 Å². The Kier molecular flexibility index (Phi) is 2.31. The molecule has 0 radical (unpaired) electrons. The molecule has 0 aliphatic rings. The Morgan fingerprint density at radius 1 is 1.20 bits per heavy atom. The minimum atomic E-state index is 0.617. The first-order valence-corrected chi connectivity index (χ1v) is 5.31. The van der Waals surface area contributed by atoms with Gasteiger partial charge in [-0.3, -0.25) is 0 Å². The lowest BCUT2D eigenvalue weighted by atomic mass is 10.1. The van der Waals surface area contributed by atoms with E-state index in [1.807, 2.05) is 0 Å². The Labute approximate surface area is 90.7 Å². The van der Waals surface area contributed by atoms with Gasteiger partial charge in [-0.15, -0.1) is 0 Å². The third-order valence-corrected chi connectivity index (χ3v) is 3.25. The number of nitrogens with two attached hydrogens (primary N) is 1. The van der Waals surface area contributed by atoms with E-state index in [9.17, 15) is 0 Å². The molecule has 1 aromatic heterocycles. The lowest BCUT2D eigenvalue weighted by Crippen LogP contribution is -1.99. The number of aryl methyl sites for hydroxylation is 3. The number of hydrogen-bond donors (Lipinski definition) is 1. The molecule has 2 rings (SSSR count). The minimum Gasteiger partial charge on any atom is -0.347 e. The molecule has 0 saturated carbocycles. The summed E-state index contributed by atoms with van der Waals surface area (Å²) < 4.78 is 2.24. The van der Waals surface area contributed by atoms with Crippen molar-refractivity contribution < 1.29 is 0 Å². The maximum Gasteiger partial charge on any atom is 0.0513 e. The lowest BCUT2D eigenvalue weighted by Gasteiger charge is -2.03. The zero-order valence-electron chi connectivity index (χ0n) is 9.89. The SMILES string of the molecule is Cc1cc(C)c2c(c1)c(CN)c(C)n2C. The first-order chi connectivity index (χ1) is 7.06. The van der Waals surface area contributed by atoms with E-state index in [4.69, 9.17) is 5.73 Å². The van der Waals surface area contributed by atoms with E-state index in [-0.39, 0.29) is 0 Å². The van der Waals surface area contributed by atoms with Crippen LogP contribution < -0.4 is 5.73 Å². The van der Waals surface area contributed by atoms with Crippen molar-refractivity contribution in [3.05, 3.63) is 34.5 Å². The summed E-state index contributed by atoms with van der Waals surface area (Å²) in [7, 11) is 2.11. The highest BCUT2D eigenvalue weighted by atomic mass is 14.9. The molecule has 0 bridgehead atoms. The van der Waals surface area contributed by atoms with Gasteiger partial charge < -0.3 is 10.3 Å². The van der Waals surface area contributed by atoms with Crippen molar-refractivity contribution in [2.75, 3.05) is 0 Å². The molecular weight excluding hydrogens is 184 g/mol. The van der Waals surface area contributed by atoms with Gasteiger partial charge in [-0.05, 0) is 38.0 Å². The van der Waals surface area contributed by atoms with Crippen molar-refractivity contribution in [2.24, 2.45) is 12.8 Å². The highest BCUT2D eigenvalue weighted by Crippen LogP contribution is 2.28. The van der Waals surface area contributed by atoms with Gasteiger partial charge in [-0.25, -0.2) is 0 Å². The van der Waals surface area contributed by atoms with Crippen LogP contribution in [0.25, 0.3) is 10.9 Å². The van der Waals surface area contributed by atoms with Gasteiger partial charge >= 0.3 is 0 Å². The molecule has 2 nitrogen and oxygen atoms in total. The van der Waals surface area contributed by atoms with E-state index in [1.54, 1.807) is 0 Å². The smallest absolute Gasteiger partial charge is 0.0513 e. The van der Waals surface area contributed by atoms with Crippen LogP contribution in [0, 0.1) is 20.8 Å². The van der Waals surface area contributed by atoms with Crippen molar-refractivity contribution in [3.63, 3.8) is 0 Å². The van der Waals surface area contributed by atoms with Crippen LogP contribution in [-0.4, -0.2) is 4.57 Å². The molecule has 1 aromatic carbocycles. The average molecular weight is 202 g/mol. The van der Waals surface area contributed by atoms with Crippen molar-refractivity contribution in [3.8, 4) is 0 Å². The van der Waals surface area contributed by atoms with Crippen LogP contribution in [0.1, 0.15) is 22.4 Å². The molecule has 80 valence electrons. The van der Waals surface area contributed by atoms with E-state index in [0.29, 0.717) is 6.54 Å². The monoisotopic (exact) mass is 202 g/mol. The van der Waals surface area contributed by atoms with Crippen LogP contribution in [0.15, 0.2) is 12.1 Å². The fourth-order valence-electron chi connectivity index (χ4n) is 2.46. The fraction of sp³-hybridized carbons (Fsp3) is 0.385. The third-order valence-electron chi connectivity index (χ3n) is 3.25. The summed E-state index contributed by atoms with van der Waals surface area (Å²) in [6.45, 7) is 7.05. The number of rotatable bonds is 1. The van der Waals surface area contributed by atoms with Gasteiger partial charge in [0.15, 0.2) is 0 Å². The molecule has 2 N–H and O–H groups in total. The second-order valence-corrected chi connectivity index (χ2v) is 4.31. The van der Waals surface area contributed by atoms with Gasteiger partial charge in [-0.1, -0.05) is 11.6 Å². The third kappa shape index (κ3) is 1.37. The summed E-state index contributed by atoms with van der Waals surface area (Å²) in [5.41, 5.74) is 12.3. The second-order valence-electron chi connectivity index (χ2n) is 4.31. The number of aromatic nitrogens is 1. The molecule has 0 amide bonds. The van der Waals surface area contributed by atoms with E-state index >= 15 is 0 Å². The van der Waals surface area contributed by atoms with E-state index in [2.05, 4.69) is 44.5 Å². The minimum absolute atomic E-state index is 0.617. The summed E-state index contributed by atoms with van der Waals surface area (Å²) in [6, 6.07) is 4.46. The van der Waals surface area contributed by atoms with Crippen LogP contribution in [0.3, 0.4) is 0 Å². The van der Waals surface area contributed by atoms with Crippen molar-refractivity contribution in [2.45, 2.75) is 27.3 Å². The zero-order chi connectivity index (χ0) is 11.2. The molecule has 0 fully saturated rings. The highest BCUT2D eigenvalue weighted by Gasteiger charge is 2.12. The Bertz CT molecular complexity index is 521. The summed E-state index contributed by atoms with van der Waals surface area (Å²) in [5.74, 6) is 0. The summed E-state index contributed by atoms with van der Waals surface area (Å²) in [5, 5.41) is 1.31. The Morgan fingerprint density at radius 3 is 2.47 bits per heavy atom. The van der Waals surface area contributed by atoms with Crippen LogP contribution in [0.2, 0.25) is 0 Å². The van der Waals surface area contributed by atoms with Crippen molar-refractivity contribution in [1.29, 1.82) is 0 Å². The maximum atomic E-state index is 5.82. The molecule has 0 aliphatic carbocycles. The Hall–Kier alpha value is -1.28. The Balaban J connectivity index is 2.97. The van der Waals surface area contributed by atoms with Gasteiger partial charge in [0.25, 0.3) is 0 Å². The number of nitrogens with zero attached hydrogens (tertiary/aromatic N) is 1. The summed E-state index contributed by atoms with van der Waals surface area (Å²) >= 11 is 0. The molecule has 0 aliphatic heterocycles. The Morgan fingerprint density at radius 2 is 1.87 bits per heavy atom. The van der Waals surface area contributed by atoms with E-state index in [0.717, 1.165) is 0 Å². The fourth-order valence-corrected chi connectivity index (χ4v) is 2.46. The second kappa shape index (κ2) is 3.38. The van der Waals surface area contributed by atoms with Crippen molar-refractivity contribution >= 4 is 10.9 Å². The molecule has 0 unspecified atom stereocenters. The summed E-state index contributed by atoms with van der Waals surface area (Å²) in [4.78, 5) is 0. The predicted octanol–water partition coefficient (Wildman–Crippen LogP) is 2.56. The topological polar surface area (TPSA) is 30.9 Å². The molecule has 2 heteroatoms. The van der Waals surface area contributed by atoms with Gasteiger partial charge in [0.05, 0.1) is 5.52 Å². The molecule has 0 spiro atoms. The quantitative estimate of drug-likeness (QED) is 0.757. The predicted molar refractivity (Wildman–Crippen MR) is 65.0 cm³/mol. The van der Waals surface area contributed by atoms with Gasteiger partial charge in [0.2, 0.25) is 0 Å². The first-order valence-electron chi connectivity index (χ1n) is 5.31. The normalized spacial score (nSPS) is 11.3. The van der Waals surface area contributed by atoms with Crippen LogP contribution in [-0.2, 0) is 13.6 Å². The molecule has 1 heterocycles. The maximum absolute atomic E-state index is 5.82. The molecule has 15 heavy (non-hydrogen) atoms. The highest BCUT2D eigenvalue weighted by molar-refractivity contribution is 5.88. The number of hydrogen-bond acceptors (Lipinski definition) is 1. The molecular formula is C13H18N2. The lowest BCUT2D eigenvalue weighted by molar-refractivity contribution is 0.891. The summed E-state index contributed by atoms with van der Waals surface area (Å²) in [6.07, 6.45) is 0. The van der Waals surface area contributed by atoms with Gasteiger partial charge in [0, 0.05) is 24.7 Å². The zero-order valence-corrected chi connectivity index (χ0v) is 9.89. The number of benzene rings is 1. The van der Waals surface area contributed by atoms with Crippen LogP contribution in [0.4, 0.5) is 0 Å². The van der Waals surface area contributed by atoms with Gasteiger partial charge in [-0.2, -0.15) is 0 Å². The first kappa shape index (κ1) is 10.2. The van der Waals surface area contributed by atoms with Crippen molar-refractivity contribution in [1.82, 2.24) is 4.57 Å². The van der Waals surface area contributed by atoms with E-state index in [1.165, 1.54) is 33.3 Å². The average Bonchev–Trinajstić information content (AvgIpc) is 2.39. The molecule has 2 aromatic rings. The number of fused-ring (bicyclic) bond motifs is 1. The van der Waals surface area contributed by atoms with Gasteiger partial charge in [0.1, 0.15) is 0 Å². The standard InChI is InChI=1S/C13H18N2/c1-8-5-9(2)13-11(6-8)12(7-14)10(3)15(13)4/h5-6H,7,14H2,1-4H3. The largest absolute Gasteiger partial charge is 0.347 e. The molecule has 0 saturated heterocycles. The molecule has 0 atom stereocenters.